The van der Waals surface area contributed by atoms with Gasteiger partial charge in [0.1, 0.15) is 0 Å². The smallest absolute Gasteiger partial charge is 0.250 e. The number of para-hydroxylation sites is 1. The van der Waals surface area contributed by atoms with Crippen LogP contribution in [0.2, 0.25) is 5.02 Å². The lowest BCUT2D eigenvalue weighted by Gasteiger charge is -2.12. The molecule has 0 aliphatic carbocycles. The topological polar surface area (TPSA) is 90.7 Å². The van der Waals surface area contributed by atoms with E-state index in [2.05, 4.69) is 5.32 Å². The average molecular weight is 407 g/mol. The Balaban J connectivity index is 1.57. The van der Waals surface area contributed by atoms with Crippen LogP contribution in [0.15, 0.2) is 36.4 Å². The molecule has 3 N–H and O–H groups in total. The van der Waals surface area contributed by atoms with Gasteiger partial charge in [-0.1, -0.05) is 23.7 Å². The van der Waals surface area contributed by atoms with Gasteiger partial charge < -0.3 is 20.5 Å². The number of anilines is 1. The van der Waals surface area contributed by atoms with E-state index in [0.717, 1.165) is 12.0 Å². The van der Waals surface area contributed by atoms with Crippen molar-refractivity contribution in [1.29, 1.82) is 0 Å². The predicted molar refractivity (Wildman–Crippen MR) is 107 cm³/mol. The number of carbonyl (C=O) groups excluding carboxylic acids is 2. The average Bonchev–Trinajstić information content (AvgIpc) is 2.88. The molecule has 1 aliphatic heterocycles. The van der Waals surface area contributed by atoms with Crippen LogP contribution in [0.4, 0.5) is 5.69 Å². The highest BCUT2D eigenvalue weighted by molar-refractivity contribution is 7.99. The molecule has 8 heteroatoms. The highest BCUT2D eigenvalue weighted by atomic mass is 35.5. The Bertz CT molecular complexity index is 860. The van der Waals surface area contributed by atoms with Gasteiger partial charge in [-0.2, -0.15) is 0 Å². The molecule has 0 saturated heterocycles. The number of nitrogens with two attached hydrogens (primary N) is 1. The van der Waals surface area contributed by atoms with E-state index < -0.39 is 5.91 Å². The Morgan fingerprint density at radius 1 is 1.19 bits per heavy atom. The third-order valence-corrected chi connectivity index (χ3v) is 5.11. The lowest BCUT2D eigenvalue weighted by Crippen LogP contribution is -2.19. The fourth-order valence-electron chi connectivity index (χ4n) is 2.62. The molecule has 0 bridgehead atoms. The largest absolute Gasteiger partial charge is 0.489 e. The summed E-state index contributed by atoms with van der Waals surface area (Å²) in [5.41, 5.74) is 6.96. The van der Waals surface area contributed by atoms with Crippen molar-refractivity contribution in [2.24, 2.45) is 5.73 Å². The lowest BCUT2D eigenvalue weighted by molar-refractivity contribution is -0.113. The van der Waals surface area contributed by atoms with E-state index >= 15 is 0 Å². The first-order valence-electron chi connectivity index (χ1n) is 8.39. The molecular weight excluding hydrogens is 388 g/mol. The van der Waals surface area contributed by atoms with Crippen LogP contribution in [0.5, 0.6) is 11.5 Å². The minimum atomic E-state index is -0.583. The zero-order chi connectivity index (χ0) is 19.2. The summed E-state index contributed by atoms with van der Waals surface area (Å²) < 4.78 is 11.3. The van der Waals surface area contributed by atoms with E-state index in [0.29, 0.717) is 41.2 Å². The maximum Gasteiger partial charge on any atom is 0.250 e. The number of carbonyl (C=O) groups is 2. The van der Waals surface area contributed by atoms with E-state index in [9.17, 15) is 9.59 Å². The van der Waals surface area contributed by atoms with Crippen LogP contribution in [-0.2, 0) is 10.5 Å². The monoisotopic (exact) mass is 406 g/mol. The standard InChI is InChI=1S/C19H19ClN2O4S/c20-14-8-12(9-16-18(14)26-7-3-6-25-16)10-27-11-17(23)22-15-5-2-1-4-13(15)19(21)24/h1-2,4-5,8-9H,3,6-7,10-11H2,(H2,21,24)(H,22,23). The summed E-state index contributed by atoms with van der Waals surface area (Å²) in [6, 6.07) is 10.4. The Hall–Kier alpha value is -2.38. The van der Waals surface area contributed by atoms with Crippen molar-refractivity contribution in [3.05, 3.63) is 52.5 Å². The molecule has 0 unspecified atom stereocenters. The van der Waals surface area contributed by atoms with Gasteiger partial charge >= 0.3 is 0 Å². The van der Waals surface area contributed by atoms with Crippen molar-refractivity contribution in [3.63, 3.8) is 0 Å². The summed E-state index contributed by atoms with van der Waals surface area (Å²) in [5.74, 6) is 1.22. The zero-order valence-electron chi connectivity index (χ0n) is 14.5. The minimum absolute atomic E-state index is 0.214. The van der Waals surface area contributed by atoms with E-state index in [1.165, 1.54) is 11.8 Å². The second kappa shape index (κ2) is 9.01. The van der Waals surface area contributed by atoms with Crippen LogP contribution in [-0.4, -0.2) is 30.8 Å². The first kappa shape index (κ1) is 19.4. The number of amides is 2. The molecule has 2 aromatic carbocycles. The molecule has 0 atom stereocenters. The van der Waals surface area contributed by atoms with Gasteiger partial charge in [0.2, 0.25) is 5.91 Å². The highest BCUT2D eigenvalue weighted by Crippen LogP contribution is 2.38. The number of halogens is 1. The van der Waals surface area contributed by atoms with E-state index in [4.69, 9.17) is 26.8 Å². The Labute approximate surface area is 166 Å². The number of hydrogen-bond donors (Lipinski definition) is 2. The second-order valence-electron chi connectivity index (χ2n) is 5.91. The number of ether oxygens (including phenoxy) is 2. The molecule has 0 spiro atoms. The van der Waals surface area contributed by atoms with Crippen molar-refractivity contribution in [1.82, 2.24) is 0 Å². The molecule has 0 aromatic heterocycles. The first-order valence-corrected chi connectivity index (χ1v) is 9.92. The number of primary amides is 1. The van der Waals surface area contributed by atoms with Crippen LogP contribution in [0.3, 0.4) is 0 Å². The van der Waals surface area contributed by atoms with Crippen LogP contribution in [0.1, 0.15) is 22.3 Å². The summed E-state index contributed by atoms with van der Waals surface area (Å²) in [5, 5.41) is 3.22. The molecule has 3 rings (SSSR count). The summed E-state index contributed by atoms with van der Waals surface area (Å²) in [4.78, 5) is 23.6. The van der Waals surface area contributed by atoms with Crippen molar-refractivity contribution < 1.29 is 19.1 Å². The summed E-state index contributed by atoms with van der Waals surface area (Å²) in [7, 11) is 0. The quantitative estimate of drug-likeness (QED) is 0.766. The summed E-state index contributed by atoms with van der Waals surface area (Å²) >= 11 is 7.71. The van der Waals surface area contributed by atoms with Gasteiger partial charge in [-0.3, -0.25) is 9.59 Å². The van der Waals surface area contributed by atoms with Crippen molar-refractivity contribution in [2.45, 2.75) is 12.2 Å². The van der Waals surface area contributed by atoms with Crippen molar-refractivity contribution in [3.8, 4) is 11.5 Å². The predicted octanol–water partition coefficient (Wildman–Crippen LogP) is 3.47. The van der Waals surface area contributed by atoms with Gasteiger partial charge in [-0.05, 0) is 29.8 Å². The van der Waals surface area contributed by atoms with E-state index in [1.807, 2.05) is 12.1 Å². The molecule has 1 heterocycles. The van der Waals surface area contributed by atoms with E-state index in [-0.39, 0.29) is 17.2 Å². The normalized spacial score (nSPS) is 12.9. The number of rotatable bonds is 6. The molecule has 27 heavy (non-hydrogen) atoms. The molecular formula is C19H19ClN2O4S. The van der Waals surface area contributed by atoms with Crippen LogP contribution in [0, 0.1) is 0 Å². The number of fused-ring (bicyclic) bond motifs is 1. The maximum atomic E-state index is 12.2. The number of benzene rings is 2. The third-order valence-electron chi connectivity index (χ3n) is 3.83. The van der Waals surface area contributed by atoms with Crippen LogP contribution in [0.25, 0.3) is 0 Å². The first-order chi connectivity index (χ1) is 13.0. The molecule has 0 radical (unpaired) electrons. The van der Waals surface area contributed by atoms with Gasteiger partial charge in [0, 0.05) is 12.2 Å². The number of hydrogen-bond acceptors (Lipinski definition) is 5. The van der Waals surface area contributed by atoms with Crippen molar-refractivity contribution >= 4 is 40.9 Å². The summed E-state index contributed by atoms with van der Waals surface area (Å²) in [6.07, 6.45) is 0.808. The molecule has 0 saturated carbocycles. The Kier molecular flexibility index (Phi) is 6.47. The summed E-state index contributed by atoms with van der Waals surface area (Å²) in [6.45, 7) is 1.16. The van der Waals surface area contributed by atoms with Gasteiger partial charge in [0.15, 0.2) is 11.5 Å². The second-order valence-corrected chi connectivity index (χ2v) is 7.30. The molecule has 2 aromatic rings. The van der Waals surface area contributed by atoms with Gasteiger partial charge in [0.25, 0.3) is 5.91 Å². The lowest BCUT2D eigenvalue weighted by atomic mass is 10.1. The Morgan fingerprint density at radius 3 is 2.78 bits per heavy atom. The SMILES string of the molecule is NC(=O)c1ccccc1NC(=O)CSCc1cc(Cl)c2c(c1)OCCCO2. The van der Waals surface area contributed by atoms with Crippen LogP contribution >= 0.6 is 23.4 Å². The van der Waals surface area contributed by atoms with Crippen LogP contribution < -0.4 is 20.5 Å². The zero-order valence-corrected chi connectivity index (χ0v) is 16.1. The molecule has 2 amide bonds. The third kappa shape index (κ3) is 5.08. The number of nitrogens with one attached hydrogen (secondary N) is 1. The van der Waals surface area contributed by atoms with Crippen molar-refractivity contribution in [2.75, 3.05) is 24.3 Å². The van der Waals surface area contributed by atoms with Gasteiger partial charge in [0.05, 0.1) is 35.2 Å². The molecule has 0 fully saturated rings. The van der Waals surface area contributed by atoms with E-state index in [1.54, 1.807) is 24.3 Å². The Morgan fingerprint density at radius 2 is 1.96 bits per heavy atom. The highest BCUT2D eigenvalue weighted by Gasteiger charge is 2.16. The number of thioether (sulfide) groups is 1. The van der Waals surface area contributed by atoms with Gasteiger partial charge in [-0.15, -0.1) is 11.8 Å². The molecule has 1 aliphatic rings. The maximum absolute atomic E-state index is 12.2. The van der Waals surface area contributed by atoms with Gasteiger partial charge in [-0.25, -0.2) is 0 Å². The fraction of sp³-hybridized carbons (Fsp3) is 0.263. The minimum Gasteiger partial charge on any atom is -0.489 e. The molecule has 6 nitrogen and oxygen atoms in total. The molecule has 142 valence electrons. The fourth-order valence-corrected chi connectivity index (χ4v) is 3.67.